The molecule has 0 aromatic heterocycles. The van der Waals surface area contributed by atoms with Crippen molar-refractivity contribution in [3.8, 4) is 0 Å². The van der Waals surface area contributed by atoms with Crippen molar-refractivity contribution in [2.45, 2.75) is 71.0 Å². The molecule has 1 saturated heterocycles. The predicted octanol–water partition coefficient (Wildman–Crippen LogP) is 5.06. The number of hydrogen-bond acceptors (Lipinski definition) is 3. The second-order valence-corrected chi connectivity index (χ2v) is 10.3. The number of rotatable bonds is 2. The Hall–Kier alpha value is -0.930. The molecular weight excluding hydrogens is 336 g/mol. The van der Waals surface area contributed by atoms with E-state index < -0.39 is 0 Å². The van der Waals surface area contributed by atoms with Crippen LogP contribution < -0.4 is 0 Å². The fourth-order valence-electron chi connectivity index (χ4n) is 7.84. The van der Waals surface area contributed by atoms with Gasteiger partial charge in [-0.15, -0.1) is 6.58 Å². The number of carbonyl (C=O) groups excluding carboxylic acids is 1. The highest BCUT2D eigenvalue weighted by Crippen LogP contribution is 2.66. The summed E-state index contributed by atoms with van der Waals surface area (Å²) in [6.45, 7) is 10.2. The lowest BCUT2D eigenvalue weighted by molar-refractivity contribution is -0.185. The molecule has 0 radical (unpaired) electrons. The monoisotopic (exact) mass is 370 g/mol. The van der Waals surface area contributed by atoms with Crippen LogP contribution in [0.2, 0.25) is 0 Å². The number of Topliss-reactive ketones (excluding diaryl/α,β-unsaturated/α-hetero) is 1. The number of ether oxygens (including phenoxy) is 2. The average Bonchev–Trinajstić information content (AvgIpc) is 3.19. The van der Waals surface area contributed by atoms with Crippen LogP contribution in [0.25, 0.3) is 0 Å². The first-order valence-electron chi connectivity index (χ1n) is 11.0. The molecule has 0 N–H and O–H groups in total. The second kappa shape index (κ2) is 6.03. The van der Waals surface area contributed by atoms with Gasteiger partial charge >= 0.3 is 0 Å². The van der Waals surface area contributed by atoms with Gasteiger partial charge in [0.05, 0.1) is 13.2 Å². The lowest BCUT2D eigenvalue weighted by Gasteiger charge is -2.58. The zero-order valence-corrected chi connectivity index (χ0v) is 17.0. The van der Waals surface area contributed by atoms with Crippen LogP contribution in [0.15, 0.2) is 24.3 Å². The van der Waals surface area contributed by atoms with E-state index in [-0.39, 0.29) is 16.6 Å². The highest BCUT2D eigenvalue weighted by molar-refractivity contribution is 5.87. The molecule has 0 amide bonds. The van der Waals surface area contributed by atoms with Crippen LogP contribution >= 0.6 is 0 Å². The van der Waals surface area contributed by atoms with Gasteiger partial charge in [0.15, 0.2) is 5.79 Å². The molecule has 5 rings (SSSR count). The lowest BCUT2D eigenvalue weighted by atomic mass is 9.47. The first-order chi connectivity index (χ1) is 12.9. The molecule has 27 heavy (non-hydrogen) atoms. The number of carbonyl (C=O) groups is 1. The third-order valence-electron chi connectivity index (χ3n) is 9.24. The summed E-state index contributed by atoms with van der Waals surface area (Å²) >= 11 is 0. The third kappa shape index (κ3) is 2.43. The van der Waals surface area contributed by atoms with Gasteiger partial charge < -0.3 is 9.47 Å². The minimum atomic E-state index is -0.337. The maximum atomic E-state index is 12.9. The van der Waals surface area contributed by atoms with Crippen molar-refractivity contribution in [2.24, 2.45) is 34.5 Å². The molecule has 1 aliphatic heterocycles. The summed E-state index contributed by atoms with van der Waals surface area (Å²) in [7, 11) is 0. The van der Waals surface area contributed by atoms with Gasteiger partial charge in [-0.1, -0.05) is 31.6 Å². The maximum absolute atomic E-state index is 12.9. The van der Waals surface area contributed by atoms with E-state index in [0.717, 1.165) is 58.2 Å². The summed E-state index contributed by atoms with van der Waals surface area (Å²) in [6.07, 6.45) is 12.9. The van der Waals surface area contributed by atoms with Crippen molar-refractivity contribution in [1.29, 1.82) is 0 Å². The molecule has 148 valence electrons. The maximum Gasteiger partial charge on any atom is 0.172 e. The third-order valence-corrected chi connectivity index (χ3v) is 9.24. The average molecular weight is 371 g/mol. The Kier molecular flexibility index (Phi) is 4.05. The molecule has 3 unspecified atom stereocenters. The van der Waals surface area contributed by atoms with E-state index in [1.54, 1.807) is 5.57 Å². The summed E-state index contributed by atoms with van der Waals surface area (Å²) in [5.74, 6) is 2.57. The molecule has 1 spiro atoms. The van der Waals surface area contributed by atoms with Crippen LogP contribution in [-0.4, -0.2) is 24.8 Å². The van der Waals surface area contributed by atoms with Crippen LogP contribution in [0.5, 0.6) is 0 Å². The molecule has 0 bridgehead atoms. The summed E-state index contributed by atoms with van der Waals surface area (Å²) in [4.78, 5) is 12.9. The van der Waals surface area contributed by atoms with Gasteiger partial charge in [-0.05, 0) is 61.2 Å². The van der Waals surface area contributed by atoms with E-state index in [9.17, 15) is 4.79 Å². The van der Waals surface area contributed by atoms with E-state index in [0.29, 0.717) is 29.5 Å². The summed E-state index contributed by atoms with van der Waals surface area (Å²) in [5, 5.41) is 0. The molecule has 4 fully saturated rings. The normalized spacial score (nSPS) is 47.9. The highest BCUT2D eigenvalue weighted by atomic mass is 16.7. The number of ketones is 1. The number of hydrogen-bond donors (Lipinski definition) is 0. The topological polar surface area (TPSA) is 35.5 Å². The standard InChI is InChI=1S/C24H34O3/c1-4-5-16-14-20(25)23(3)9-8-19-18(21(16)23)7-6-17-15-24(26-12-13-27-24)11-10-22(17,19)2/h4,6,16,18-19,21H,1,5,7-15H2,2-3H3/t16-,18?,19?,21?,22-,23+/m0/s1. The van der Waals surface area contributed by atoms with Gasteiger partial charge in [-0.25, -0.2) is 0 Å². The SMILES string of the molecule is C=CC[C@H]1CC(=O)[C@@]2(C)CCC3C(CC=C4CC5(CC[C@@]43C)OCCO5)C12. The molecule has 5 aliphatic rings. The highest BCUT2D eigenvalue weighted by Gasteiger charge is 2.62. The Morgan fingerprint density at radius 1 is 1.19 bits per heavy atom. The van der Waals surface area contributed by atoms with Crippen LogP contribution in [0, 0.1) is 34.5 Å². The van der Waals surface area contributed by atoms with E-state index in [1.165, 1.54) is 6.42 Å². The van der Waals surface area contributed by atoms with Gasteiger partial charge in [0.25, 0.3) is 0 Å². The van der Waals surface area contributed by atoms with E-state index in [1.807, 2.05) is 6.08 Å². The van der Waals surface area contributed by atoms with Gasteiger partial charge in [-0.3, -0.25) is 4.79 Å². The van der Waals surface area contributed by atoms with Crippen molar-refractivity contribution < 1.29 is 14.3 Å². The van der Waals surface area contributed by atoms with Gasteiger partial charge in [0.2, 0.25) is 0 Å². The van der Waals surface area contributed by atoms with Crippen LogP contribution in [-0.2, 0) is 14.3 Å². The molecule has 0 aromatic rings. The summed E-state index contributed by atoms with van der Waals surface area (Å²) in [6, 6.07) is 0. The largest absolute Gasteiger partial charge is 0.347 e. The molecule has 1 heterocycles. The van der Waals surface area contributed by atoms with Crippen LogP contribution in [0.4, 0.5) is 0 Å². The Morgan fingerprint density at radius 3 is 2.70 bits per heavy atom. The quantitative estimate of drug-likeness (QED) is 0.637. The fraction of sp³-hybridized carbons (Fsp3) is 0.792. The molecule has 3 saturated carbocycles. The fourth-order valence-corrected chi connectivity index (χ4v) is 7.84. The smallest absolute Gasteiger partial charge is 0.172 e. The Balaban J connectivity index is 1.48. The predicted molar refractivity (Wildman–Crippen MR) is 105 cm³/mol. The van der Waals surface area contributed by atoms with E-state index in [2.05, 4.69) is 26.5 Å². The van der Waals surface area contributed by atoms with Crippen LogP contribution in [0.1, 0.15) is 65.2 Å². The number of allylic oxidation sites excluding steroid dienone is 2. The van der Waals surface area contributed by atoms with Crippen molar-refractivity contribution in [3.63, 3.8) is 0 Å². The van der Waals surface area contributed by atoms with Gasteiger partial charge in [0.1, 0.15) is 5.78 Å². The minimum absolute atomic E-state index is 0.0931. The van der Waals surface area contributed by atoms with E-state index >= 15 is 0 Å². The molecule has 4 aliphatic carbocycles. The molecule has 6 atom stereocenters. The minimum Gasteiger partial charge on any atom is -0.347 e. The zero-order chi connectivity index (χ0) is 18.9. The summed E-state index contributed by atoms with van der Waals surface area (Å²) in [5.41, 5.74) is 1.74. The number of fused-ring (bicyclic) bond motifs is 5. The van der Waals surface area contributed by atoms with Crippen LogP contribution in [0.3, 0.4) is 0 Å². The first-order valence-corrected chi connectivity index (χ1v) is 11.0. The Labute approximate surface area is 163 Å². The Morgan fingerprint density at radius 2 is 1.96 bits per heavy atom. The second-order valence-electron chi connectivity index (χ2n) is 10.3. The zero-order valence-electron chi connectivity index (χ0n) is 17.0. The molecule has 3 nitrogen and oxygen atoms in total. The van der Waals surface area contributed by atoms with Crippen molar-refractivity contribution in [1.82, 2.24) is 0 Å². The Bertz CT molecular complexity index is 688. The first kappa shape index (κ1) is 18.1. The lowest BCUT2D eigenvalue weighted by Crippen LogP contribution is -2.53. The van der Waals surface area contributed by atoms with E-state index in [4.69, 9.17) is 9.47 Å². The molecular formula is C24H34O3. The van der Waals surface area contributed by atoms with Gasteiger partial charge in [0, 0.05) is 24.7 Å². The van der Waals surface area contributed by atoms with Crippen molar-refractivity contribution in [2.75, 3.05) is 13.2 Å². The summed E-state index contributed by atoms with van der Waals surface area (Å²) < 4.78 is 12.1. The molecule has 0 aromatic carbocycles. The van der Waals surface area contributed by atoms with Gasteiger partial charge in [-0.2, -0.15) is 0 Å². The van der Waals surface area contributed by atoms with Crippen molar-refractivity contribution >= 4 is 5.78 Å². The molecule has 3 heteroatoms. The van der Waals surface area contributed by atoms with Crippen molar-refractivity contribution in [3.05, 3.63) is 24.3 Å².